The van der Waals surface area contributed by atoms with Crippen molar-refractivity contribution in [2.75, 3.05) is 6.61 Å². The van der Waals surface area contributed by atoms with Crippen LogP contribution in [0, 0.1) is 25.2 Å². The minimum absolute atomic E-state index is 0.0581. The first kappa shape index (κ1) is 15.6. The number of aryl methyl sites for hydroxylation is 1. The van der Waals surface area contributed by atoms with E-state index in [-0.39, 0.29) is 24.4 Å². The van der Waals surface area contributed by atoms with Gasteiger partial charge in [-0.05, 0) is 38.3 Å². The van der Waals surface area contributed by atoms with Crippen LogP contribution >= 0.6 is 0 Å². The number of carbonyl (C=O) groups excluding carboxylic acids is 2. The van der Waals surface area contributed by atoms with Gasteiger partial charge >= 0.3 is 5.97 Å². The molecule has 0 aliphatic heterocycles. The number of rotatable bonds is 5. The topological polar surface area (TPSA) is 100 Å². The monoisotopic (exact) mass is 276 g/mol. The number of aromatic nitrogens is 1. The van der Waals surface area contributed by atoms with Crippen LogP contribution in [-0.2, 0) is 20.7 Å². The lowest BCUT2D eigenvalue weighted by atomic mass is 9.99. The van der Waals surface area contributed by atoms with E-state index in [2.05, 4.69) is 4.98 Å². The Labute approximate surface area is 116 Å². The molecular formula is C14H16N2O4. The highest BCUT2D eigenvalue weighted by molar-refractivity contribution is 5.80. The highest BCUT2D eigenvalue weighted by Gasteiger charge is 2.14. The highest BCUT2D eigenvalue weighted by Crippen LogP contribution is 2.15. The maximum absolute atomic E-state index is 11.6. The average molecular weight is 276 g/mol. The summed E-state index contributed by atoms with van der Waals surface area (Å²) >= 11 is 0. The second-order valence-electron chi connectivity index (χ2n) is 4.53. The Morgan fingerprint density at radius 2 is 2.00 bits per heavy atom. The average Bonchev–Trinajstić information content (AvgIpc) is 2.36. The Morgan fingerprint density at radius 3 is 2.55 bits per heavy atom. The number of esters is 1. The van der Waals surface area contributed by atoms with E-state index < -0.39 is 11.5 Å². The van der Waals surface area contributed by atoms with E-state index in [1.165, 1.54) is 6.92 Å². The number of hydrogen-bond donors (Lipinski definition) is 1. The van der Waals surface area contributed by atoms with Crippen molar-refractivity contribution >= 4 is 11.8 Å². The quantitative estimate of drug-likeness (QED) is 0.806. The second kappa shape index (κ2) is 6.66. The Bertz CT molecular complexity index is 638. The second-order valence-corrected chi connectivity index (χ2v) is 4.53. The highest BCUT2D eigenvalue weighted by atomic mass is 16.5. The van der Waals surface area contributed by atoms with Crippen LogP contribution in [-0.4, -0.2) is 23.3 Å². The van der Waals surface area contributed by atoms with Gasteiger partial charge in [-0.25, -0.2) is 0 Å². The third kappa shape index (κ3) is 3.79. The molecule has 0 aliphatic carbocycles. The van der Waals surface area contributed by atoms with Gasteiger partial charge in [0.2, 0.25) is 0 Å². The summed E-state index contributed by atoms with van der Waals surface area (Å²) in [6, 6.07) is 1.85. The van der Waals surface area contributed by atoms with Crippen molar-refractivity contribution < 1.29 is 14.3 Å². The zero-order valence-electron chi connectivity index (χ0n) is 11.7. The fraction of sp³-hybridized carbons (Fsp3) is 0.429. The van der Waals surface area contributed by atoms with Gasteiger partial charge in [0, 0.05) is 12.1 Å². The fourth-order valence-corrected chi connectivity index (χ4v) is 1.90. The summed E-state index contributed by atoms with van der Waals surface area (Å²) < 4.78 is 4.76. The van der Waals surface area contributed by atoms with Crippen LogP contribution in [0.2, 0.25) is 0 Å². The van der Waals surface area contributed by atoms with Crippen LogP contribution in [0.5, 0.6) is 0 Å². The molecule has 0 aromatic carbocycles. The lowest BCUT2D eigenvalue weighted by Crippen LogP contribution is -2.18. The van der Waals surface area contributed by atoms with E-state index in [0.717, 1.165) is 5.56 Å². The lowest BCUT2D eigenvalue weighted by molar-refractivity contribution is -0.147. The van der Waals surface area contributed by atoms with Crippen molar-refractivity contribution in [3.05, 3.63) is 32.7 Å². The number of nitrogens with zero attached hydrogens (tertiary/aromatic N) is 1. The zero-order chi connectivity index (χ0) is 15.3. The number of ketones is 1. The van der Waals surface area contributed by atoms with E-state index >= 15 is 0 Å². The third-order valence-electron chi connectivity index (χ3n) is 2.94. The number of nitriles is 1. The molecule has 0 bridgehead atoms. The maximum atomic E-state index is 11.6. The molecule has 1 heterocycles. The number of Topliss-reactive ketones (excluding diaryl/α,β-unsaturated/α-hetero) is 1. The molecule has 106 valence electrons. The van der Waals surface area contributed by atoms with Crippen LogP contribution < -0.4 is 5.56 Å². The number of pyridine rings is 1. The Balaban J connectivity index is 2.84. The first-order chi connectivity index (χ1) is 9.36. The number of nitrogens with one attached hydrogen (secondary N) is 1. The van der Waals surface area contributed by atoms with Crippen molar-refractivity contribution in [2.24, 2.45) is 0 Å². The van der Waals surface area contributed by atoms with Crippen molar-refractivity contribution in [1.29, 1.82) is 5.26 Å². The molecule has 0 unspecified atom stereocenters. The molecule has 6 heteroatoms. The summed E-state index contributed by atoms with van der Waals surface area (Å²) in [5, 5.41) is 8.94. The summed E-state index contributed by atoms with van der Waals surface area (Å²) in [6.07, 6.45) is 0.436. The van der Waals surface area contributed by atoms with Crippen LogP contribution in [0.1, 0.15) is 35.7 Å². The number of carbonyl (C=O) groups is 2. The normalized spacial score (nSPS) is 9.90. The number of hydrogen-bond acceptors (Lipinski definition) is 5. The molecule has 0 saturated carbocycles. The summed E-state index contributed by atoms with van der Waals surface area (Å²) in [5.74, 6) is -0.703. The predicted molar refractivity (Wildman–Crippen MR) is 71.2 cm³/mol. The molecule has 0 fully saturated rings. The van der Waals surface area contributed by atoms with Crippen LogP contribution in [0.15, 0.2) is 4.79 Å². The summed E-state index contributed by atoms with van der Waals surface area (Å²) in [4.78, 5) is 36.3. The molecule has 0 saturated heterocycles. The Kier molecular flexibility index (Phi) is 5.21. The molecule has 6 nitrogen and oxygen atoms in total. The number of ether oxygens (including phenoxy) is 1. The van der Waals surface area contributed by atoms with Gasteiger partial charge in [-0.3, -0.25) is 14.4 Å². The molecule has 0 atom stereocenters. The molecule has 1 N–H and O–H groups in total. The van der Waals surface area contributed by atoms with Gasteiger partial charge < -0.3 is 9.72 Å². The van der Waals surface area contributed by atoms with E-state index in [1.807, 2.05) is 6.07 Å². The summed E-state index contributed by atoms with van der Waals surface area (Å²) in [5.41, 5.74) is 1.59. The van der Waals surface area contributed by atoms with Gasteiger partial charge in [-0.15, -0.1) is 0 Å². The minimum Gasteiger partial charge on any atom is -0.458 e. The first-order valence-corrected chi connectivity index (χ1v) is 6.14. The van der Waals surface area contributed by atoms with Gasteiger partial charge in [0.1, 0.15) is 18.2 Å². The van der Waals surface area contributed by atoms with Crippen molar-refractivity contribution in [2.45, 2.75) is 33.6 Å². The largest absolute Gasteiger partial charge is 0.458 e. The molecule has 20 heavy (non-hydrogen) atoms. The predicted octanol–water partition coefficient (Wildman–Crippen LogP) is 0.928. The number of H-pyrrole nitrogens is 1. The molecule has 0 radical (unpaired) electrons. The van der Waals surface area contributed by atoms with Crippen LogP contribution in [0.25, 0.3) is 0 Å². The number of aromatic amines is 1. The van der Waals surface area contributed by atoms with Crippen LogP contribution in [0.3, 0.4) is 0 Å². The molecular weight excluding hydrogens is 260 g/mol. The molecule has 1 aromatic heterocycles. The van der Waals surface area contributed by atoms with Gasteiger partial charge in [0.05, 0.1) is 0 Å². The standard InChI is InChI=1S/C14H16N2O4/c1-8(17)7-20-13(18)5-4-11-9(2)12(6-15)14(19)16-10(11)3/h4-5,7H2,1-3H3,(H,16,19). The smallest absolute Gasteiger partial charge is 0.306 e. The van der Waals surface area contributed by atoms with E-state index in [9.17, 15) is 14.4 Å². The molecule has 0 amide bonds. The third-order valence-corrected chi connectivity index (χ3v) is 2.94. The van der Waals surface area contributed by atoms with Gasteiger partial charge in [0.15, 0.2) is 5.78 Å². The molecule has 0 aliphatic rings. The summed E-state index contributed by atoms with van der Waals surface area (Å²) in [6.45, 7) is 4.50. The van der Waals surface area contributed by atoms with Crippen molar-refractivity contribution in [3.63, 3.8) is 0 Å². The Hall–Kier alpha value is -2.42. The molecule has 1 aromatic rings. The van der Waals surface area contributed by atoms with E-state index in [4.69, 9.17) is 10.00 Å². The Morgan fingerprint density at radius 1 is 1.35 bits per heavy atom. The van der Waals surface area contributed by atoms with Crippen molar-refractivity contribution in [3.8, 4) is 6.07 Å². The van der Waals surface area contributed by atoms with Gasteiger partial charge in [0.25, 0.3) is 5.56 Å². The van der Waals surface area contributed by atoms with E-state index in [0.29, 0.717) is 17.7 Å². The minimum atomic E-state index is -0.483. The maximum Gasteiger partial charge on any atom is 0.306 e. The van der Waals surface area contributed by atoms with Gasteiger partial charge in [-0.2, -0.15) is 5.26 Å². The van der Waals surface area contributed by atoms with E-state index in [1.54, 1.807) is 13.8 Å². The van der Waals surface area contributed by atoms with Gasteiger partial charge in [-0.1, -0.05) is 0 Å². The first-order valence-electron chi connectivity index (χ1n) is 6.14. The molecule has 0 spiro atoms. The summed E-state index contributed by atoms with van der Waals surface area (Å²) in [7, 11) is 0. The van der Waals surface area contributed by atoms with Crippen molar-refractivity contribution in [1.82, 2.24) is 4.98 Å². The fourth-order valence-electron chi connectivity index (χ4n) is 1.90. The lowest BCUT2D eigenvalue weighted by Gasteiger charge is -2.10. The SMILES string of the molecule is CC(=O)COC(=O)CCc1c(C)[nH]c(=O)c(C#N)c1C. The van der Waals surface area contributed by atoms with Crippen LogP contribution in [0.4, 0.5) is 0 Å². The molecule has 1 rings (SSSR count). The zero-order valence-corrected chi connectivity index (χ0v) is 11.7.